The number of ether oxygens (including phenoxy) is 1. The summed E-state index contributed by atoms with van der Waals surface area (Å²) >= 11 is 17.9. The first-order chi connectivity index (χ1) is 7.49. The Morgan fingerprint density at radius 3 is 2.44 bits per heavy atom. The Morgan fingerprint density at radius 2 is 1.88 bits per heavy atom. The summed E-state index contributed by atoms with van der Waals surface area (Å²) in [6, 6.07) is 0. The van der Waals surface area contributed by atoms with Crippen LogP contribution in [0.2, 0.25) is 15.1 Å². The normalized spacial score (nSPS) is 14.3. The number of hydrogen-bond acceptors (Lipinski definition) is 4. The van der Waals surface area contributed by atoms with Crippen LogP contribution in [0.1, 0.15) is 5.56 Å². The second-order valence-corrected chi connectivity index (χ2v) is 4.35. The summed E-state index contributed by atoms with van der Waals surface area (Å²) in [5, 5.41) is 20.1. The zero-order valence-corrected chi connectivity index (χ0v) is 10.4. The molecule has 0 atom stereocenters. The van der Waals surface area contributed by atoms with Crippen LogP contribution in [-0.4, -0.2) is 19.4 Å². The van der Waals surface area contributed by atoms with Crippen LogP contribution in [0.4, 0.5) is 5.69 Å². The van der Waals surface area contributed by atoms with Gasteiger partial charge in [-0.05, 0) is 0 Å². The maximum absolute atomic E-state index is 11.6. The fraction of sp³-hybridized carbons (Fsp3) is 0.222. The molecule has 0 amide bonds. The second-order valence-electron chi connectivity index (χ2n) is 3.21. The average Bonchev–Trinajstić information content (AvgIpc) is 2.52. The molecule has 0 aromatic heterocycles. The molecule has 0 unspecified atom stereocenters. The first-order valence-electron chi connectivity index (χ1n) is 4.26. The van der Waals surface area contributed by atoms with Crippen molar-refractivity contribution in [3.63, 3.8) is 0 Å². The van der Waals surface area contributed by atoms with Crippen molar-refractivity contribution < 1.29 is 4.74 Å². The molecule has 1 aliphatic rings. The molecular weight excluding hydrogens is 274 g/mol. The summed E-state index contributed by atoms with van der Waals surface area (Å²) in [6.45, 7) is -0.0850. The molecule has 0 spiro atoms. The van der Waals surface area contributed by atoms with Crippen LogP contribution in [0.5, 0.6) is 5.75 Å². The van der Waals surface area contributed by atoms with Gasteiger partial charge in [-0.25, -0.2) is 0 Å². The molecule has 0 saturated carbocycles. The lowest BCUT2D eigenvalue weighted by molar-refractivity contribution is 0.415. The lowest BCUT2D eigenvalue weighted by Crippen LogP contribution is -2.13. The van der Waals surface area contributed by atoms with Crippen molar-refractivity contribution in [1.29, 1.82) is 5.41 Å². The van der Waals surface area contributed by atoms with E-state index in [4.69, 9.17) is 44.9 Å². The van der Waals surface area contributed by atoms with Crippen LogP contribution >= 0.6 is 34.8 Å². The Balaban J connectivity index is 2.83. The number of methoxy groups -OCH3 is 1. The molecule has 0 bridgehead atoms. The number of nitrogens with one attached hydrogen (secondary N) is 1. The maximum Gasteiger partial charge on any atom is 0.159 e. The highest BCUT2D eigenvalue weighted by molar-refractivity contribution is 6.49. The maximum atomic E-state index is 11.6. The first-order valence-corrected chi connectivity index (χ1v) is 5.39. The summed E-state index contributed by atoms with van der Waals surface area (Å²) < 4.78 is 4.98. The van der Waals surface area contributed by atoms with E-state index >= 15 is 0 Å². The second kappa shape index (κ2) is 3.96. The van der Waals surface area contributed by atoms with E-state index in [0.29, 0.717) is 5.06 Å². The van der Waals surface area contributed by atoms with E-state index in [-0.39, 0.29) is 44.3 Å². The molecule has 4 nitrogen and oxygen atoms in total. The molecule has 2 rings (SSSR count). The monoisotopic (exact) mass is 279 g/mol. The van der Waals surface area contributed by atoms with Crippen LogP contribution in [0.3, 0.4) is 0 Å². The summed E-state index contributed by atoms with van der Waals surface area (Å²) in [5.41, 5.74) is 0.534. The van der Waals surface area contributed by atoms with Gasteiger partial charge in [0, 0.05) is 12.1 Å². The molecule has 0 saturated heterocycles. The topological polar surface area (TPSA) is 59.4 Å². The zero-order valence-electron chi connectivity index (χ0n) is 8.10. The summed E-state index contributed by atoms with van der Waals surface area (Å²) in [5.74, 6) is 0.155. The molecule has 1 aromatic rings. The highest BCUT2D eigenvalue weighted by Gasteiger charge is 2.29. The van der Waals surface area contributed by atoms with Crippen LogP contribution in [0.25, 0.3) is 0 Å². The van der Waals surface area contributed by atoms with Crippen LogP contribution in [0.15, 0.2) is 0 Å². The van der Waals surface area contributed by atoms with Crippen LogP contribution in [0, 0.1) is 10.6 Å². The van der Waals surface area contributed by atoms with Gasteiger partial charge in [0.2, 0.25) is 0 Å². The van der Waals surface area contributed by atoms with Crippen LogP contribution in [-0.2, 0) is 0 Å². The highest BCUT2D eigenvalue weighted by Crippen LogP contribution is 2.49. The minimum absolute atomic E-state index is 0.0850. The molecule has 0 fully saturated rings. The molecule has 0 radical (unpaired) electrons. The van der Waals surface area contributed by atoms with Gasteiger partial charge in [-0.1, -0.05) is 34.8 Å². The van der Waals surface area contributed by atoms with Crippen molar-refractivity contribution in [1.82, 2.24) is 0 Å². The number of halogens is 3. The molecule has 86 valence electrons. The number of hydrogen-bond donors (Lipinski definition) is 1. The molecule has 1 aliphatic heterocycles. The summed E-state index contributed by atoms with van der Waals surface area (Å²) in [4.78, 5) is 0. The van der Waals surface area contributed by atoms with Gasteiger partial charge < -0.3 is 20.4 Å². The van der Waals surface area contributed by atoms with E-state index in [1.807, 2.05) is 0 Å². The van der Waals surface area contributed by atoms with Crippen molar-refractivity contribution in [3.05, 3.63) is 25.8 Å². The van der Waals surface area contributed by atoms with Gasteiger partial charge in [0.25, 0.3) is 0 Å². The Bertz CT molecular complexity index is 490. The molecule has 1 heterocycles. The van der Waals surface area contributed by atoms with Gasteiger partial charge in [-0.3, -0.25) is 0 Å². The predicted molar refractivity (Wildman–Crippen MR) is 65.6 cm³/mol. The van der Waals surface area contributed by atoms with Crippen molar-refractivity contribution in [2.24, 2.45) is 0 Å². The van der Waals surface area contributed by atoms with E-state index < -0.39 is 0 Å². The third-order valence-electron chi connectivity index (χ3n) is 2.31. The predicted octanol–water partition coefficient (Wildman–Crippen LogP) is 3.34. The van der Waals surface area contributed by atoms with Gasteiger partial charge in [0.05, 0.1) is 23.5 Å². The van der Waals surface area contributed by atoms with Crippen molar-refractivity contribution in [3.8, 4) is 5.75 Å². The Labute approximate surface area is 107 Å². The van der Waals surface area contributed by atoms with Crippen molar-refractivity contribution in [2.75, 3.05) is 18.7 Å². The van der Waals surface area contributed by atoms with E-state index in [0.717, 1.165) is 0 Å². The smallest absolute Gasteiger partial charge is 0.159 e. The van der Waals surface area contributed by atoms with Gasteiger partial charge >= 0.3 is 0 Å². The van der Waals surface area contributed by atoms with E-state index in [9.17, 15) is 5.21 Å². The number of hydroxylamine groups is 1. The number of rotatable bonds is 1. The fourth-order valence-electron chi connectivity index (χ4n) is 1.62. The average molecular weight is 281 g/mol. The first kappa shape index (κ1) is 11.8. The number of anilines is 1. The minimum Gasteiger partial charge on any atom is -0.758 e. The third-order valence-corrected chi connectivity index (χ3v) is 3.50. The summed E-state index contributed by atoms with van der Waals surface area (Å²) in [7, 11) is 1.38. The van der Waals surface area contributed by atoms with E-state index in [1.54, 1.807) is 0 Å². The standard InChI is InChI=1S/C9H6Cl3N2O2/c1-16-9-6(11)5(10)4-3(13)2-14(15)8(4)7(9)12/h13H,2H2,1H3/q-1. The molecule has 0 aliphatic carbocycles. The molecule has 1 aromatic carbocycles. The lowest BCUT2D eigenvalue weighted by Gasteiger charge is -2.26. The van der Waals surface area contributed by atoms with E-state index in [2.05, 4.69) is 0 Å². The molecule has 16 heavy (non-hydrogen) atoms. The van der Waals surface area contributed by atoms with Crippen molar-refractivity contribution in [2.45, 2.75) is 0 Å². The van der Waals surface area contributed by atoms with E-state index in [1.165, 1.54) is 7.11 Å². The fourth-order valence-corrected chi connectivity index (χ4v) is 2.58. The van der Waals surface area contributed by atoms with Crippen molar-refractivity contribution >= 4 is 46.2 Å². The highest BCUT2D eigenvalue weighted by atomic mass is 35.5. The quantitative estimate of drug-likeness (QED) is 0.803. The third kappa shape index (κ3) is 1.45. The SMILES string of the molecule is COc1c(Cl)c(Cl)c2c(c1Cl)N([O-])CC2=N. The Kier molecular flexibility index (Phi) is 2.92. The van der Waals surface area contributed by atoms with Crippen LogP contribution < -0.4 is 9.80 Å². The zero-order chi connectivity index (χ0) is 12.0. The minimum atomic E-state index is -0.0850. The number of fused-ring (bicyclic) bond motifs is 1. The Hall–Kier alpha value is -0.680. The molecule has 1 N–H and O–H groups in total. The Morgan fingerprint density at radius 1 is 1.25 bits per heavy atom. The largest absolute Gasteiger partial charge is 0.758 e. The molecule has 7 heteroatoms. The summed E-state index contributed by atoms with van der Waals surface area (Å²) in [6.07, 6.45) is 0. The van der Waals surface area contributed by atoms with Gasteiger partial charge in [-0.15, -0.1) is 0 Å². The van der Waals surface area contributed by atoms with Gasteiger partial charge in [-0.2, -0.15) is 0 Å². The molecular formula is C9H6Cl3N2O2-. The number of nitrogens with zero attached hydrogens (tertiary/aromatic N) is 1. The van der Waals surface area contributed by atoms with Gasteiger partial charge in [0.1, 0.15) is 10.0 Å². The van der Waals surface area contributed by atoms with Gasteiger partial charge in [0.15, 0.2) is 5.75 Å². The number of benzene rings is 1. The lowest BCUT2D eigenvalue weighted by atomic mass is 10.1.